The number of hydrogen-bond acceptors (Lipinski definition) is 6. The fourth-order valence-corrected chi connectivity index (χ4v) is 2.83. The van der Waals surface area contributed by atoms with Gasteiger partial charge in [-0.2, -0.15) is 0 Å². The fraction of sp³-hybridized carbons (Fsp3) is 0.250. The van der Waals surface area contributed by atoms with Crippen molar-refractivity contribution >= 4 is 28.9 Å². The molecule has 132 valence electrons. The Morgan fingerprint density at radius 1 is 1.20 bits per heavy atom. The summed E-state index contributed by atoms with van der Waals surface area (Å²) in [6, 6.07) is 7.62. The average molecular weight is 369 g/mol. The van der Waals surface area contributed by atoms with Crippen molar-refractivity contribution in [3.63, 3.8) is 0 Å². The molecule has 6 nitrogen and oxygen atoms in total. The summed E-state index contributed by atoms with van der Waals surface area (Å²) < 4.78 is 39.3. The summed E-state index contributed by atoms with van der Waals surface area (Å²) in [6.07, 6.45) is -3.00. The van der Waals surface area contributed by atoms with Crippen LogP contribution in [0, 0.1) is 0 Å². The molecule has 0 saturated carbocycles. The van der Waals surface area contributed by atoms with Gasteiger partial charge >= 0.3 is 12.3 Å². The molecule has 0 aliphatic carbocycles. The molecule has 1 N–H and O–H groups in total. The van der Waals surface area contributed by atoms with Gasteiger partial charge in [0.15, 0.2) is 18.1 Å². The summed E-state index contributed by atoms with van der Waals surface area (Å²) in [4.78, 5) is 24.4. The lowest BCUT2D eigenvalue weighted by molar-refractivity contribution is -0.286. The van der Waals surface area contributed by atoms with Crippen LogP contribution in [0.5, 0.6) is 11.5 Å². The maximum Gasteiger partial charge on any atom is 0.586 e. The highest BCUT2D eigenvalue weighted by atomic mass is 32.1. The third-order valence-electron chi connectivity index (χ3n) is 3.20. The molecule has 1 aliphatic rings. The summed E-state index contributed by atoms with van der Waals surface area (Å²) in [5.41, 5.74) is 0.222. The first-order valence-corrected chi connectivity index (χ1v) is 8.17. The smallest absolute Gasteiger partial charge is 0.456 e. The van der Waals surface area contributed by atoms with Gasteiger partial charge in [-0.3, -0.25) is 9.59 Å². The molecule has 0 atom stereocenters. The predicted molar refractivity (Wildman–Crippen MR) is 84.9 cm³/mol. The number of anilines is 1. The number of aryl methyl sites for hydroxylation is 1. The van der Waals surface area contributed by atoms with Crippen LogP contribution in [0.25, 0.3) is 0 Å². The first-order chi connectivity index (χ1) is 11.9. The Labute approximate surface area is 145 Å². The second kappa shape index (κ2) is 7.06. The number of alkyl halides is 2. The predicted octanol–water partition coefficient (Wildman–Crippen LogP) is 3.18. The number of halogens is 2. The van der Waals surface area contributed by atoms with Crippen LogP contribution in [0.2, 0.25) is 0 Å². The van der Waals surface area contributed by atoms with Crippen molar-refractivity contribution in [3.8, 4) is 11.5 Å². The molecule has 9 heteroatoms. The number of ether oxygens (including phenoxy) is 3. The van der Waals surface area contributed by atoms with Gasteiger partial charge < -0.3 is 19.5 Å². The summed E-state index contributed by atoms with van der Waals surface area (Å²) in [6.45, 7) is -0.464. The summed E-state index contributed by atoms with van der Waals surface area (Å²) in [5.74, 6) is -1.39. The van der Waals surface area contributed by atoms with E-state index >= 15 is 0 Å². The molecule has 2 aromatic rings. The third-order valence-corrected chi connectivity index (χ3v) is 4.14. The number of fused-ring (bicyclic) bond motifs is 1. The Morgan fingerprint density at radius 3 is 2.76 bits per heavy atom. The Bertz CT molecular complexity index is 779. The van der Waals surface area contributed by atoms with E-state index in [2.05, 4.69) is 14.8 Å². The minimum absolute atomic E-state index is 0.122. The van der Waals surface area contributed by atoms with Gasteiger partial charge in [0, 0.05) is 16.6 Å². The zero-order valence-corrected chi connectivity index (χ0v) is 13.6. The van der Waals surface area contributed by atoms with E-state index in [0.717, 1.165) is 4.88 Å². The van der Waals surface area contributed by atoms with Crippen molar-refractivity contribution in [2.45, 2.75) is 19.1 Å². The third kappa shape index (κ3) is 4.66. The Balaban J connectivity index is 1.44. The van der Waals surface area contributed by atoms with Crippen molar-refractivity contribution < 1.29 is 32.6 Å². The monoisotopic (exact) mass is 369 g/mol. The molecule has 3 rings (SSSR count). The van der Waals surface area contributed by atoms with E-state index < -0.39 is 24.8 Å². The maximum absolute atomic E-state index is 12.9. The van der Waals surface area contributed by atoms with Crippen molar-refractivity contribution in [1.82, 2.24) is 0 Å². The van der Waals surface area contributed by atoms with Crippen molar-refractivity contribution in [3.05, 3.63) is 40.6 Å². The number of nitrogens with one attached hydrogen (secondary N) is 1. The van der Waals surface area contributed by atoms with Crippen molar-refractivity contribution in [1.29, 1.82) is 0 Å². The molecule has 1 aromatic carbocycles. The molecule has 1 amide bonds. The standard InChI is InChI=1S/C16H13F2NO5S/c17-16(18)23-12-5-3-10(8-13(12)24-16)19-14(20)9-22-15(21)6-4-11-2-1-7-25-11/h1-3,5,7-8H,4,6,9H2,(H,19,20). The highest BCUT2D eigenvalue weighted by molar-refractivity contribution is 7.09. The van der Waals surface area contributed by atoms with E-state index in [1.807, 2.05) is 17.5 Å². The zero-order valence-electron chi connectivity index (χ0n) is 12.8. The van der Waals surface area contributed by atoms with Crippen LogP contribution in [0.15, 0.2) is 35.7 Å². The Hall–Kier alpha value is -2.68. The Morgan fingerprint density at radius 2 is 2.00 bits per heavy atom. The van der Waals surface area contributed by atoms with E-state index in [9.17, 15) is 18.4 Å². The summed E-state index contributed by atoms with van der Waals surface area (Å²) in [5, 5.41) is 4.34. The van der Waals surface area contributed by atoms with Gasteiger partial charge in [-0.25, -0.2) is 0 Å². The molecule has 2 heterocycles. The van der Waals surface area contributed by atoms with Crippen molar-refractivity contribution in [2.75, 3.05) is 11.9 Å². The maximum atomic E-state index is 12.9. The molecule has 0 unspecified atom stereocenters. The van der Waals surface area contributed by atoms with Crippen molar-refractivity contribution in [2.24, 2.45) is 0 Å². The van der Waals surface area contributed by atoms with E-state index in [0.29, 0.717) is 6.42 Å². The average Bonchev–Trinajstić information content (AvgIpc) is 3.16. The van der Waals surface area contributed by atoms with E-state index in [1.165, 1.54) is 29.5 Å². The Kier molecular flexibility index (Phi) is 4.84. The molecule has 1 aromatic heterocycles. The van der Waals surface area contributed by atoms with Crippen LogP contribution in [-0.4, -0.2) is 24.8 Å². The lowest BCUT2D eigenvalue weighted by Crippen LogP contribution is -2.25. The second-order valence-electron chi connectivity index (χ2n) is 5.12. The first-order valence-electron chi connectivity index (χ1n) is 7.29. The van der Waals surface area contributed by atoms with E-state index in [4.69, 9.17) is 4.74 Å². The summed E-state index contributed by atoms with van der Waals surface area (Å²) in [7, 11) is 0. The number of esters is 1. The second-order valence-corrected chi connectivity index (χ2v) is 6.15. The molecule has 0 radical (unpaired) electrons. The van der Waals surface area contributed by atoms with Gasteiger partial charge in [-0.05, 0) is 30.0 Å². The number of amides is 1. The van der Waals surface area contributed by atoms with E-state index in [1.54, 1.807) is 0 Å². The van der Waals surface area contributed by atoms with Gasteiger partial charge in [0.2, 0.25) is 0 Å². The zero-order chi connectivity index (χ0) is 17.9. The quantitative estimate of drug-likeness (QED) is 0.792. The lowest BCUT2D eigenvalue weighted by Gasteiger charge is -2.07. The molecule has 0 spiro atoms. The van der Waals surface area contributed by atoms with Gasteiger partial charge in [0.25, 0.3) is 5.91 Å². The van der Waals surface area contributed by atoms with Crippen LogP contribution in [-0.2, 0) is 20.7 Å². The first kappa shape index (κ1) is 17.2. The number of hydrogen-bond donors (Lipinski definition) is 1. The highest BCUT2D eigenvalue weighted by Gasteiger charge is 2.43. The molecule has 1 aliphatic heterocycles. The van der Waals surface area contributed by atoms with Gasteiger partial charge in [0.05, 0.1) is 6.42 Å². The SMILES string of the molecule is O=C(COC(=O)CCc1cccs1)Nc1ccc2c(c1)OC(F)(F)O2. The van der Waals surface area contributed by atoms with Crippen LogP contribution in [0.1, 0.15) is 11.3 Å². The minimum atomic E-state index is -3.72. The van der Waals surface area contributed by atoms with Gasteiger partial charge in [-0.15, -0.1) is 20.1 Å². The minimum Gasteiger partial charge on any atom is -0.456 e. The normalized spacial score (nSPS) is 14.2. The highest BCUT2D eigenvalue weighted by Crippen LogP contribution is 2.42. The molecule has 0 fully saturated rings. The van der Waals surface area contributed by atoms with Crippen LogP contribution >= 0.6 is 11.3 Å². The molecule has 0 bridgehead atoms. The lowest BCUT2D eigenvalue weighted by atomic mass is 10.2. The number of carbonyl (C=O) groups excluding carboxylic acids is 2. The number of thiophene rings is 1. The molecule has 0 saturated heterocycles. The number of benzene rings is 1. The number of rotatable bonds is 6. The van der Waals surface area contributed by atoms with Crippen LogP contribution in [0.4, 0.5) is 14.5 Å². The summed E-state index contributed by atoms with van der Waals surface area (Å²) >= 11 is 1.54. The van der Waals surface area contributed by atoms with Gasteiger partial charge in [-0.1, -0.05) is 6.07 Å². The molecular formula is C16H13F2NO5S. The van der Waals surface area contributed by atoms with Crippen LogP contribution < -0.4 is 14.8 Å². The van der Waals surface area contributed by atoms with Gasteiger partial charge in [0.1, 0.15) is 0 Å². The molecular weight excluding hydrogens is 356 g/mol. The largest absolute Gasteiger partial charge is 0.586 e. The fourth-order valence-electron chi connectivity index (χ4n) is 2.12. The van der Waals surface area contributed by atoms with E-state index in [-0.39, 0.29) is 23.6 Å². The topological polar surface area (TPSA) is 73.9 Å². The van der Waals surface area contributed by atoms with Crippen LogP contribution in [0.3, 0.4) is 0 Å². The number of carbonyl (C=O) groups is 2. The molecule has 25 heavy (non-hydrogen) atoms.